The van der Waals surface area contributed by atoms with Gasteiger partial charge in [0.1, 0.15) is 11.5 Å². The molecule has 0 radical (unpaired) electrons. The fourth-order valence-corrected chi connectivity index (χ4v) is 1.71. The largest absolute Gasteiger partial charge is 0.465 e. The van der Waals surface area contributed by atoms with Crippen molar-refractivity contribution in [3.8, 4) is 0 Å². The van der Waals surface area contributed by atoms with Crippen LogP contribution in [0.1, 0.15) is 37.9 Å². The lowest BCUT2D eigenvalue weighted by atomic mass is 10.1. The van der Waals surface area contributed by atoms with Gasteiger partial charge in [0.25, 0.3) is 0 Å². The highest BCUT2D eigenvalue weighted by Crippen LogP contribution is 2.16. The molecule has 0 saturated carbocycles. The van der Waals surface area contributed by atoms with Crippen LogP contribution in [0, 0.1) is 6.92 Å². The van der Waals surface area contributed by atoms with Crippen LogP contribution >= 0.6 is 0 Å². The van der Waals surface area contributed by atoms with E-state index < -0.39 is 0 Å². The summed E-state index contributed by atoms with van der Waals surface area (Å²) >= 11 is 0. The average molecular weight is 299 g/mol. The summed E-state index contributed by atoms with van der Waals surface area (Å²) in [5.41, 5.74) is 1.18. The van der Waals surface area contributed by atoms with Gasteiger partial charge in [0.15, 0.2) is 0 Å². The molecule has 0 aliphatic rings. The highest BCUT2D eigenvalue weighted by atomic mass is 16.5. The Hall–Kier alpha value is -0.880. The molecular weight excluding hydrogens is 270 g/mol. The Morgan fingerprint density at radius 2 is 1.76 bits per heavy atom. The zero-order chi connectivity index (χ0) is 15.7. The van der Waals surface area contributed by atoms with Gasteiger partial charge in [0.05, 0.1) is 39.6 Å². The van der Waals surface area contributed by atoms with E-state index in [2.05, 4.69) is 32.2 Å². The molecule has 5 heteroatoms. The molecule has 122 valence electrons. The fraction of sp³-hybridized carbons (Fsp3) is 0.750. The van der Waals surface area contributed by atoms with Crippen molar-refractivity contribution in [2.75, 3.05) is 33.5 Å². The number of hydrogen-bond acceptors (Lipinski definition) is 5. The lowest BCUT2D eigenvalue weighted by Gasteiger charge is -2.19. The zero-order valence-corrected chi connectivity index (χ0v) is 14.0. The average Bonchev–Trinajstić information content (AvgIpc) is 2.75. The summed E-state index contributed by atoms with van der Waals surface area (Å²) in [4.78, 5) is 0. The van der Waals surface area contributed by atoms with E-state index in [0.717, 1.165) is 23.6 Å². The molecule has 0 fully saturated rings. The Morgan fingerprint density at radius 1 is 1.10 bits per heavy atom. The summed E-state index contributed by atoms with van der Waals surface area (Å²) in [5, 5.41) is 3.41. The van der Waals surface area contributed by atoms with Crippen molar-refractivity contribution in [2.45, 2.75) is 46.4 Å². The molecule has 0 atom stereocenters. The molecule has 1 aromatic rings. The summed E-state index contributed by atoms with van der Waals surface area (Å²) in [6.45, 7) is 12.0. The zero-order valence-electron chi connectivity index (χ0n) is 14.0. The second-order valence-electron chi connectivity index (χ2n) is 6.06. The summed E-state index contributed by atoms with van der Waals surface area (Å²) < 4.78 is 21.6. The summed E-state index contributed by atoms with van der Waals surface area (Å²) in [5.74, 6) is 1.86. The van der Waals surface area contributed by atoms with E-state index in [1.54, 1.807) is 7.11 Å². The lowest BCUT2D eigenvalue weighted by Crippen LogP contribution is -2.34. The number of furan rings is 1. The SMILES string of the molecule is COCCOCCOCc1cc(CNC(C)(C)C)oc1C. The molecule has 0 bridgehead atoms. The first kappa shape index (κ1) is 18.2. The first-order valence-electron chi connectivity index (χ1n) is 7.40. The first-order valence-corrected chi connectivity index (χ1v) is 7.40. The predicted octanol–water partition coefficient (Wildman–Crippen LogP) is 2.66. The Labute approximate surface area is 127 Å². The Balaban J connectivity index is 2.24. The number of ether oxygens (including phenoxy) is 3. The van der Waals surface area contributed by atoms with Crippen molar-refractivity contribution in [3.63, 3.8) is 0 Å². The third-order valence-corrected chi connectivity index (χ3v) is 2.93. The monoisotopic (exact) mass is 299 g/mol. The minimum Gasteiger partial charge on any atom is -0.465 e. The van der Waals surface area contributed by atoms with Crippen LogP contribution in [0.15, 0.2) is 10.5 Å². The summed E-state index contributed by atoms with van der Waals surface area (Å²) in [6, 6.07) is 2.06. The summed E-state index contributed by atoms with van der Waals surface area (Å²) in [7, 11) is 1.66. The molecule has 5 nitrogen and oxygen atoms in total. The highest BCUT2D eigenvalue weighted by Gasteiger charge is 2.12. The summed E-state index contributed by atoms with van der Waals surface area (Å²) in [6.07, 6.45) is 0. The quantitative estimate of drug-likeness (QED) is 0.673. The minimum atomic E-state index is 0.0803. The Bertz CT molecular complexity index is 395. The van der Waals surface area contributed by atoms with E-state index >= 15 is 0 Å². The normalized spacial score (nSPS) is 12.0. The molecule has 1 rings (SSSR count). The van der Waals surface area contributed by atoms with E-state index in [0.29, 0.717) is 33.0 Å². The van der Waals surface area contributed by atoms with Gasteiger partial charge in [-0.2, -0.15) is 0 Å². The van der Waals surface area contributed by atoms with Crippen LogP contribution in [0.2, 0.25) is 0 Å². The number of aryl methyl sites for hydroxylation is 1. The molecule has 0 spiro atoms. The molecule has 0 aliphatic heterocycles. The Morgan fingerprint density at radius 3 is 2.43 bits per heavy atom. The molecule has 0 unspecified atom stereocenters. The van der Waals surface area contributed by atoms with E-state index in [1.165, 1.54) is 0 Å². The Kier molecular flexibility index (Phi) is 7.96. The van der Waals surface area contributed by atoms with Crippen molar-refractivity contribution in [1.29, 1.82) is 0 Å². The van der Waals surface area contributed by atoms with E-state index in [4.69, 9.17) is 18.6 Å². The maximum absolute atomic E-state index is 5.73. The molecule has 0 aliphatic carbocycles. The molecule has 0 amide bonds. The number of nitrogens with one attached hydrogen (secondary N) is 1. The van der Waals surface area contributed by atoms with Crippen LogP contribution in [0.25, 0.3) is 0 Å². The standard InChI is InChI=1S/C16H29NO4/c1-13-14(12-20-9-8-19-7-6-18-5)10-15(21-13)11-17-16(2,3)4/h10,17H,6-9,11-12H2,1-5H3. The third kappa shape index (κ3) is 8.21. The third-order valence-electron chi connectivity index (χ3n) is 2.93. The molecule has 1 heterocycles. The van der Waals surface area contributed by atoms with Crippen LogP contribution in [0.4, 0.5) is 0 Å². The first-order chi connectivity index (χ1) is 9.92. The maximum atomic E-state index is 5.73. The second-order valence-corrected chi connectivity index (χ2v) is 6.06. The van der Waals surface area contributed by atoms with Crippen LogP contribution in [0.5, 0.6) is 0 Å². The molecule has 1 aromatic heterocycles. The van der Waals surface area contributed by atoms with Crippen LogP contribution in [0.3, 0.4) is 0 Å². The van der Waals surface area contributed by atoms with Gasteiger partial charge >= 0.3 is 0 Å². The highest BCUT2D eigenvalue weighted by molar-refractivity contribution is 5.20. The van der Waals surface area contributed by atoms with Gasteiger partial charge in [-0.3, -0.25) is 0 Å². The lowest BCUT2D eigenvalue weighted by molar-refractivity contribution is 0.0197. The van der Waals surface area contributed by atoms with Crippen molar-refractivity contribution in [1.82, 2.24) is 5.32 Å². The molecular formula is C16H29NO4. The van der Waals surface area contributed by atoms with Gasteiger partial charge in [0, 0.05) is 18.2 Å². The smallest absolute Gasteiger partial charge is 0.118 e. The molecule has 1 N–H and O–H groups in total. The van der Waals surface area contributed by atoms with Gasteiger partial charge in [0.2, 0.25) is 0 Å². The van der Waals surface area contributed by atoms with E-state index in [1.807, 2.05) is 6.92 Å². The van der Waals surface area contributed by atoms with Gasteiger partial charge < -0.3 is 23.9 Å². The minimum absolute atomic E-state index is 0.0803. The van der Waals surface area contributed by atoms with Crippen molar-refractivity contribution >= 4 is 0 Å². The molecule has 0 saturated heterocycles. The van der Waals surface area contributed by atoms with Crippen molar-refractivity contribution in [2.24, 2.45) is 0 Å². The fourth-order valence-electron chi connectivity index (χ4n) is 1.71. The topological polar surface area (TPSA) is 52.9 Å². The van der Waals surface area contributed by atoms with Gasteiger partial charge in [-0.1, -0.05) is 0 Å². The van der Waals surface area contributed by atoms with Crippen LogP contribution in [-0.4, -0.2) is 39.1 Å². The van der Waals surface area contributed by atoms with Crippen LogP contribution < -0.4 is 5.32 Å². The maximum Gasteiger partial charge on any atom is 0.118 e. The van der Waals surface area contributed by atoms with Gasteiger partial charge in [-0.25, -0.2) is 0 Å². The van der Waals surface area contributed by atoms with Crippen LogP contribution in [-0.2, 0) is 27.4 Å². The van der Waals surface area contributed by atoms with Gasteiger partial charge in [-0.15, -0.1) is 0 Å². The van der Waals surface area contributed by atoms with Crippen molar-refractivity contribution in [3.05, 3.63) is 23.2 Å². The van der Waals surface area contributed by atoms with E-state index in [-0.39, 0.29) is 5.54 Å². The van der Waals surface area contributed by atoms with Gasteiger partial charge in [-0.05, 0) is 33.8 Å². The number of rotatable bonds is 10. The number of hydrogen-bond donors (Lipinski definition) is 1. The molecule has 21 heavy (non-hydrogen) atoms. The van der Waals surface area contributed by atoms with Crippen molar-refractivity contribution < 1.29 is 18.6 Å². The predicted molar refractivity (Wildman–Crippen MR) is 82.4 cm³/mol. The second kappa shape index (κ2) is 9.20. The number of methoxy groups -OCH3 is 1. The van der Waals surface area contributed by atoms with E-state index in [9.17, 15) is 0 Å². The molecule has 0 aromatic carbocycles.